The van der Waals surface area contributed by atoms with Crippen molar-refractivity contribution in [1.82, 2.24) is 4.98 Å². The van der Waals surface area contributed by atoms with Gasteiger partial charge in [0.15, 0.2) is 0 Å². The third kappa shape index (κ3) is 4.52. The van der Waals surface area contributed by atoms with Gasteiger partial charge < -0.3 is 0 Å². The van der Waals surface area contributed by atoms with Gasteiger partial charge in [-0.25, -0.2) is 0 Å². The summed E-state index contributed by atoms with van der Waals surface area (Å²) in [5.41, 5.74) is 3.69. The van der Waals surface area contributed by atoms with E-state index in [9.17, 15) is 0 Å². The average Bonchev–Trinajstić information content (AvgIpc) is 2.41. The van der Waals surface area contributed by atoms with Crippen molar-refractivity contribution in [1.29, 1.82) is 0 Å². The lowest BCUT2D eigenvalue weighted by molar-refractivity contribution is 0.743. The van der Waals surface area contributed by atoms with Crippen LogP contribution in [0.3, 0.4) is 0 Å². The van der Waals surface area contributed by atoms with Crippen molar-refractivity contribution in [3.8, 4) is 0 Å². The predicted molar refractivity (Wildman–Crippen MR) is 82.1 cm³/mol. The van der Waals surface area contributed by atoms with Crippen molar-refractivity contribution in [2.75, 3.05) is 0 Å². The molecule has 1 aromatic carbocycles. The van der Waals surface area contributed by atoms with E-state index in [-0.39, 0.29) is 5.38 Å². The fraction of sp³-hybridized carbons (Fsp3) is 0.312. The van der Waals surface area contributed by atoms with Crippen molar-refractivity contribution in [3.05, 3.63) is 64.4 Å². The lowest BCUT2D eigenvalue weighted by atomic mass is 10.0. The summed E-state index contributed by atoms with van der Waals surface area (Å²) in [7, 11) is 0. The highest BCUT2D eigenvalue weighted by Gasteiger charge is 2.09. The van der Waals surface area contributed by atoms with Gasteiger partial charge in [-0.1, -0.05) is 41.4 Å². The first-order chi connectivity index (χ1) is 9.15. The maximum absolute atomic E-state index is 6.39. The number of alkyl halides is 1. The fourth-order valence-electron chi connectivity index (χ4n) is 1.99. The quantitative estimate of drug-likeness (QED) is 0.720. The lowest BCUT2D eigenvalue weighted by Crippen LogP contribution is -2.05. The van der Waals surface area contributed by atoms with E-state index >= 15 is 0 Å². The second kappa shape index (κ2) is 6.93. The molecule has 2 aromatic rings. The van der Waals surface area contributed by atoms with E-state index in [0.717, 1.165) is 24.8 Å². The summed E-state index contributed by atoms with van der Waals surface area (Å²) < 4.78 is 0. The Hall–Kier alpha value is -1.05. The average molecular weight is 294 g/mol. The Morgan fingerprint density at radius 1 is 1.16 bits per heavy atom. The van der Waals surface area contributed by atoms with Crippen LogP contribution in [0.15, 0.2) is 42.7 Å². The molecule has 0 saturated carbocycles. The molecule has 0 spiro atoms. The molecule has 1 heterocycles. The van der Waals surface area contributed by atoms with Crippen LogP contribution in [0.4, 0.5) is 0 Å². The van der Waals surface area contributed by atoms with Crippen molar-refractivity contribution in [2.45, 2.75) is 31.6 Å². The molecule has 100 valence electrons. The number of hydrogen-bond acceptors (Lipinski definition) is 1. The number of rotatable bonds is 5. The molecule has 1 atom stereocenters. The molecule has 1 nitrogen and oxygen atoms in total. The van der Waals surface area contributed by atoms with Gasteiger partial charge in [-0.05, 0) is 43.4 Å². The van der Waals surface area contributed by atoms with Crippen LogP contribution in [-0.4, -0.2) is 10.4 Å². The maximum Gasteiger partial charge on any atom is 0.0621 e. The van der Waals surface area contributed by atoms with Crippen molar-refractivity contribution >= 4 is 23.2 Å². The van der Waals surface area contributed by atoms with Crippen LogP contribution in [0.1, 0.15) is 23.1 Å². The molecular formula is C16H17Cl2N. The summed E-state index contributed by atoms with van der Waals surface area (Å²) in [6.45, 7) is 2.10. The van der Waals surface area contributed by atoms with Crippen LogP contribution in [0.5, 0.6) is 0 Å². The van der Waals surface area contributed by atoms with Gasteiger partial charge in [-0.15, -0.1) is 11.6 Å². The maximum atomic E-state index is 6.39. The van der Waals surface area contributed by atoms with Gasteiger partial charge in [0.05, 0.1) is 5.02 Å². The number of pyridine rings is 1. The van der Waals surface area contributed by atoms with Gasteiger partial charge in [-0.2, -0.15) is 0 Å². The van der Waals surface area contributed by atoms with Crippen molar-refractivity contribution < 1.29 is 0 Å². The largest absolute Gasteiger partial charge is 0.263 e. The Balaban J connectivity index is 1.86. The van der Waals surface area contributed by atoms with Crippen LogP contribution in [0, 0.1) is 6.92 Å². The molecule has 0 bridgehead atoms. The molecule has 3 heteroatoms. The number of nitrogens with zero attached hydrogens (tertiary/aromatic N) is 1. The first kappa shape index (κ1) is 14.4. The third-order valence-corrected chi connectivity index (χ3v) is 3.88. The number of benzene rings is 1. The topological polar surface area (TPSA) is 12.9 Å². The monoisotopic (exact) mass is 293 g/mol. The summed E-state index contributed by atoms with van der Waals surface area (Å²) >= 11 is 12.5. The Morgan fingerprint density at radius 3 is 2.58 bits per heavy atom. The molecule has 0 N–H and O–H groups in total. The van der Waals surface area contributed by atoms with Gasteiger partial charge in [-0.3, -0.25) is 4.98 Å². The minimum Gasteiger partial charge on any atom is -0.263 e. The summed E-state index contributed by atoms with van der Waals surface area (Å²) in [6, 6.07) is 10.5. The zero-order valence-electron chi connectivity index (χ0n) is 10.9. The first-order valence-electron chi connectivity index (χ1n) is 6.43. The lowest BCUT2D eigenvalue weighted by Gasteiger charge is -2.10. The van der Waals surface area contributed by atoms with Gasteiger partial charge in [0, 0.05) is 17.8 Å². The summed E-state index contributed by atoms with van der Waals surface area (Å²) in [6.07, 6.45) is 6.15. The second-order valence-corrected chi connectivity index (χ2v) is 5.82. The number of halogens is 2. The molecule has 0 aliphatic rings. The SMILES string of the molecule is Cc1ccc(CCC(Cl)Cc2ccncc2Cl)cc1. The van der Waals surface area contributed by atoms with Crippen LogP contribution in [0.25, 0.3) is 0 Å². The summed E-state index contributed by atoms with van der Waals surface area (Å²) in [5.74, 6) is 0. The Bertz CT molecular complexity index is 523. The number of aromatic nitrogens is 1. The van der Waals surface area contributed by atoms with Crippen molar-refractivity contribution in [2.24, 2.45) is 0 Å². The second-order valence-electron chi connectivity index (χ2n) is 4.79. The molecule has 0 aliphatic carbocycles. The van der Waals surface area contributed by atoms with Crippen LogP contribution in [-0.2, 0) is 12.8 Å². The smallest absolute Gasteiger partial charge is 0.0621 e. The van der Waals surface area contributed by atoms with E-state index < -0.39 is 0 Å². The van der Waals surface area contributed by atoms with Crippen LogP contribution >= 0.6 is 23.2 Å². The highest BCUT2D eigenvalue weighted by Crippen LogP contribution is 2.20. The Labute approximate surface area is 124 Å². The van der Waals surface area contributed by atoms with E-state index in [1.54, 1.807) is 12.4 Å². The zero-order chi connectivity index (χ0) is 13.7. The van der Waals surface area contributed by atoms with E-state index in [4.69, 9.17) is 23.2 Å². The van der Waals surface area contributed by atoms with Gasteiger partial charge in [0.1, 0.15) is 0 Å². The fourth-order valence-corrected chi connectivity index (χ4v) is 2.46. The molecule has 19 heavy (non-hydrogen) atoms. The molecule has 0 saturated heterocycles. The highest BCUT2D eigenvalue weighted by atomic mass is 35.5. The zero-order valence-corrected chi connectivity index (χ0v) is 12.5. The molecule has 0 aliphatic heterocycles. The van der Waals surface area contributed by atoms with E-state index in [0.29, 0.717) is 5.02 Å². The van der Waals surface area contributed by atoms with Crippen LogP contribution in [0.2, 0.25) is 5.02 Å². The molecule has 0 amide bonds. The molecule has 0 radical (unpaired) electrons. The first-order valence-corrected chi connectivity index (χ1v) is 7.24. The molecule has 1 unspecified atom stereocenters. The summed E-state index contributed by atoms with van der Waals surface area (Å²) in [5, 5.41) is 0.796. The van der Waals surface area contributed by atoms with E-state index in [1.165, 1.54) is 11.1 Å². The number of aryl methyl sites for hydroxylation is 2. The minimum absolute atomic E-state index is 0.0983. The molecule has 0 fully saturated rings. The summed E-state index contributed by atoms with van der Waals surface area (Å²) in [4.78, 5) is 3.98. The standard InChI is InChI=1S/C16H17Cl2N/c1-12-2-4-13(5-3-12)6-7-15(17)10-14-8-9-19-11-16(14)18/h2-5,8-9,11,15H,6-7,10H2,1H3. The van der Waals surface area contributed by atoms with Crippen molar-refractivity contribution in [3.63, 3.8) is 0 Å². The van der Waals surface area contributed by atoms with Gasteiger partial charge in [0.2, 0.25) is 0 Å². The van der Waals surface area contributed by atoms with Crippen LogP contribution < -0.4 is 0 Å². The Morgan fingerprint density at radius 2 is 1.89 bits per heavy atom. The highest BCUT2D eigenvalue weighted by molar-refractivity contribution is 6.31. The third-order valence-electron chi connectivity index (χ3n) is 3.16. The number of hydrogen-bond donors (Lipinski definition) is 0. The normalized spacial score (nSPS) is 12.4. The molecular weight excluding hydrogens is 277 g/mol. The predicted octanol–water partition coefficient (Wildman–Crippen LogP) is 4.83. The van der Waals surface area contributed by atoms with Gasteiger partial charge >= 0.3 is 0 Å². The Kier molecular flexibility index (Phi) is 5.24. The molecule has 1 aromatic heterocycles. The minimum atomic E-state index is 0.0983. The molecule has 2 rings (SSSR count). The van der Waals surface area contributed by atoms with Gasteiger partial charge in [0.25, 0.3) is 0 Å². The van der Waals surface area contributed by atoms with E-state index in [2.05, 4.69) is 36.2 Å². The van der Waals surface area contributed by atoms with E-state index in [1.807, 2.05) is 6.07 Å².